The Morgan fingerprint density at radius 1 is 1.09 bits per heavy atom. The summed E-state index contributed by atoms with van der Waals surface area (Å²) in [6, 6.07) is 5.61. The number of aromatic nitrogens is 6. The summed E-state index contributed by atoms with van der Waals surface area (Å²) in [5.41, 5.74) is 3.63. The highest BCUT2D eigenvalue weighted by Gasteiger charge is 2.49. The third-order valence-corrected chi connectivity index (χ3v) is 7.57. The van der Waals surface area contributed by atoms with Crippen molar-refractivity contribution in [2.75, 3.05) is 6.61 Å². The van der Waals surface area contributed by atoms with Crippen molar-refractivity contribution in [1.82, 2.24) is 34.8 Å². The van der Waals surface area contributed by atoms with Gasteiger partial charge in [-0.2, -0.15) is 0 Å². The zero-order valence-electron chi connectivity index (χ0n) is 19.7. The van der Waals surface area contributed by atoms with Gasteiger partial charge in [0, 0.05) is 41.9 Å². The first kappa shape index (κ1) is 22.2. The first-order valence-electron chi connectivity index (χ1n) is 12.1. The number of fused-ring (bicyclic) bond motifs is 4. The van der Waals surface area contributed by atoms with E-state index < -0.39 is 0 Å². The Hall–Kier alpha value is -3.30. The molecule has 180 valence electrons. The lowest BCUT2D eigenvalue weighted by molar-refractivity contribution is -0.165. The maximum absolute atomic E-state index is 14.7. The number of nitrogens with zero attached hydrogens (tertiary/aromatic N) is 6. The van der Waals surface area contributed by atoms with Gasteiger partial charge in [-0.15, -0.1) is 0 Å². The average Bonchev–Trinajstić information content (AvgIpc) is 3.38. The molecule has 0 spiro atoms. The topological polar surface area (TPSA) is 90.6 Å². The molecule has 7 rings (SSSR count). The van der Waals surface area contributed by atoms with Crippen LogP contribution >= 0.6 is 0 Å². The maximum atomic E-state index is 14.7. The third-order valence-electron chi connectivity index (χ3n) is 7.57. The SMILES string of the molecule is Cc1ccc2ncc(F)c(CCC34CCC(NCc5cn(-c6ncccn6)cn5)(CC3)CO4)c2n1. The Bertz CT molecular complexity index is 1330. The molecule has 9 heteroatoms. The van der Waals surface area contributed by atoms with Gasteiger partial charge in [0.05, 0.1) is 35.1 Å². The van der Waals surface area contributed by atoms with Crippen LogP contribution in [0.2, 0.25) is 0 Å². The van der Waals surface area contributed by atoms with Gasteiger partial charge in [0.2, 0.25) is 5.95 Å². The van der Waals surface area contributed by atoms with Crippen molar-refractivity contribution in [3.8, 4) is 5.95 Å². The molecule has 2 saturated heterocycles. The van der Waals surface area contributed by atoms with E-state index in [-0.39, 0.29) is 17.0 Å². The predicted molar refractivity (Wildman–Crippen MR) is 128 cm³/mol. The van der Waals surface area contributed by atoms with Crippen LogP contribution in [0.15, 0.2) is 49.3 Å². The van der Waals surface area contributed by atoms with E-state index in [2.05, 4.69) is 30.2 Å². The zero-order valence-corrected chi connectivity index (χ0v) is 19.7. The minimum atomic E-state index is -0.282. The molecule has 35 heavy (non-hydrogen) atoms. The molecule has 3 fully saturated rings. The fourth-order valence-electron chi connectivity index (χ4n) is 5.36. The third kappa shape index (κ3) is 4.30. The molecule has 0 atom stereocenters. The van der Waals surface area contributed by atoms with E-state index >= 15 is 0 Å². The summed E-state index contributed by atoms with van der Waals surface area (Å²) < 4.78 is 23.0. The van der Waals surface area contributed by atoms with E-state index in [1.54, 1.807) is 24.8 Å². The lowest BCUT2D eigenvalue weighted by Crippen LogP contribution is -2.61. The number of nitrogens with one attached hydrogen (secondary N) is 1. The lowest BCUT2D eigenvalue weighted by Gasteiger charge is -2.53. The van der Waals surface area contributed by atoms with E-state index in [4.69, 9.17) is 4.74 Å². The Morgan fingerprint density at radius 3 is 2.69 bits per heavy atom. The molecule has 2 aliphatic heterocycles. The molecule has 2 bridgehead atoms. The second-order valence-electron chi connectivity index (χ2n) is 9.83. The second-order valence-corrected chi connectivity index (χ2v) is 9.83. The molecule has 8 nitrogen and oxygen atoms in total. The molecular formula is C26H28FN7O. The number of hydrogen-bond acceptors (Lipinski definition) is 7. The minimum absolute atomic E-state index is 0.0396. The van der Waals surface area contributed by atoms with Gasteiger partial charge < -0.3 is 10.1 Å². The van der Waals surface area contributed by atoms with Gasteiger partial charge in [-0.3, -0.25) is 14.5 Å². The molecule has 0 amide bonds. The smallest absolute Gasteiger partial charge is 0.234 e. The summed E-state index contributed by atoms with van der Waals surface area (Å²) in [7, 11) is 0. The Balaban J connectivity index is 1.09. The first-order valence-corrected chi connectivity index (χ1v) is 12.1. The van der Waals surface area contributed by atoms with Gasteiger partial charge in [-0.1, -0.05) is 0 Å². The highest BCUT2D eigenvalue weighted by molar-refractivity contribution is 5.77. The van der Waals surface area contributed by atoms with Crippen LogP contribution in [-0.2, 0) is 17.7 Å². The number of halogens is 1. The Kier molecular flexibility index (Phi) is 5.53. The van der Waals surface area contributed by atoms with E-state index in [0.29, 0.717) is 36.6 Å². The van der Waals surface area contributed by atoms with Gasteiger partial charge in [0.25, 0.3) is 0 Å². The van der Waals surface area contributed by atoms with E-state index in [1.807, 2.05) is 29.8 Å². The van der Waals surface area contributed by atoms with Crippen LogP contribution < -0.4 is 5.32 Å². The highest BCUT2D eigenvalue weighted by atomic mass is 19.1. The standard InChI is InChI=1S/C26H28FN7O/c1-18-3-4-22-23(33-18)20(21(27)14-30-22)5-6-26-9-7-25(8-10-26,16-35-26)32-13-19-15-34(17-31-19)24-28-11-2-12-29-24/h2-4,11-12,14-15,17,32H,5-10,13,16H2,1H3. The number of imidazole rings is 1. The van der Waals surface area contributed by atoms with Crippen LogP contribution in [0.3, 0.4) is 0 Å². The number of pyridine rings is 2. The number of aryl methyl sites for hydroxylation is 2. The highest BCUT2D eigenvalue weighted by Crippen LogP contribution is 2.46. The molecular weight excluding hydrogens is 445 g/mol. The van der Waals surface area contributed by atoms with Crippen molar-refractivity contribution < 1.29 is 9.13 Å². The largest absolute Gasteiger partial charge is 0.373 e. The van der Waals surface area contributed by atoms with Crippen molar-refractivity contribution in [2.45, 2.75) is 63.1 Å². The Morgan fingerprint density at radius 2 is 1.91 bits per heavy atom. The van der Waals surface area contributed by atoms with Crippen molar-refractivity contribution in [1.29, 1.82) is 0 Å². The van der Waals surface area contributed by atoms with Gasteiger partial charge in [0.15, 0.2) is 0 Å². The predicted octanol–water partition coefficient (Wildman–Crippen LogP) is 3.86. The van der Waals surface area contributed by atoms with E-state index in [9.17, 15) is 4.39 Å². The molecule has 1 N–H and O–H groups in total. The molecule has 0 radical (unpaired) electrons. The van der Waals surface area contributed by atoms with Crippen LogP contribution in [0.5, 0.6) is 0 Å². The summed E-state index contributed by atoms with van der Waals surface area (Å²) in [5, 5.41) is 3.71. The molecule has 6 heterocycles. The summed E-state index contributed by atoms with van der Waals surface area (Å²) in [6.07, 6.45) is 13.8. The van der Waals surface area contributed by atoms with Gasteiger partial charge in [-0.25, -0.2) is 19.3 Å². The molecule has 4 aromatic rings. The minimum Gasteiger partial charge on any atom is -0.373 e. The molecule has 1 aliphatic carbocycles. The second kappa shape index (κ2) is 8.73. The van der Waals surface area contributed by atoms with Gasteiger partial charge in [-0.05, 0) is 63.6 Å². The van der Waals surface area contributed by atoms with E-state index in [1.165, 1.54) is 6.20 Å². The van der Waals surface area contributed by atoms with Crippen LogP contribution in [0.25, 0.3) is 17.0 Å². The fraction of sp³-hybridized carbons (Fsp3) is 0.423. The van der Waals surface area contributed by atoms with Gasteiger partial charge >= 0.3 is 0 Å². The van der Waals surface area contributed by atoms with Crippen LogP contribution in [0.1, 0.15) is 49.1 Å². The monoisotopic (exact) mass is 473 g/mol. The summed E-state index contributed by atoms with van der Waals surface area (Å²) in [5.74, 6) is 0.326. The summed E-state index contributed by atoms with van der Waals surface area (Å²) >= 11 is 0. The number of hydrogen-bond donors (Lipinski definition) is 1. The van der Waals surface area contributed by atoms with Crippen molar-refractivity contribution in [3.05, 3.63) is 72.1 Å². The molecule has 0 unspecified atom stereocenters. The summed E-state index contributed by atoms with van der Waals surface area (Å²) in [4.78, 5) is 21.8. The van der Waals surface area contributed by atoms with E-state index in [0.717, 1.165) is 49.0 Å². The Labute approximate surface area is 203 Å². The number of rotatable bonds is 7. The van der Waals surface area contributed by atoms with Crippen LogP contribution in [0.4, 0.5) is 4.39 Å². The number of ether oxygens (including phenoxy) is 1. The molecule has 0 aromatic carbocycles. The quantitative estimate of drug-likeness (QED) is 0.436. The van der Waals surface area contributed by atoms with Crippen LogP contribution in [-0.4, -0.2) is 47.2 Å². The van der Waals surface area contributed by atoms with Crippen LogP contribution in [0, 0.1) is 12.7 Å². The molecule has 4 aromatic heterocycles. The summed E-state index contributed by atoms with van der Waals surface area (Å²) in [6.45, 7) is 3.24. The zero-order chi connectivity index (χ0) is 23.9. The van der Waals surface area contributed by atoms with Crippen molar-refractivity contribution >= 4 is 11.0 Å². The van der Waals surface area contributed by atoms with Gasteiger partial charge in [0.1, 0.15) is 12.1 Å². The lowest BCUT2D eigenvalue weighted by atomic mass is 9.69. The molecule has 3 aliphatic rings. The first-order chi connectivity index (χ1) is 17.0. The molecule has 1 saturated carbocycles. The average molecular weight is 474 g/mol. The van der Waals surface area contributed by atoms with Crippen molar-refractivity contribution in [2.24, 2.45) is 0 Å². The normalized spacial score (nSPS) is 23.7. The van der Waals surface area contributed by atoms with Crippen molar-refractivity contribution in [3.63, 3.8) is 0 Å². The maximum Gasteiger partial charge on any atom is 0.234 e. The fourth-order valence-corrected chi connectivity index (χ4v) is 5.36.